The summed E-state index contributed by atoms with van der Waals surface area (Å²) >= 11 is 7.54. The van der Waals surface area contributed by atoms with Crippen LogP contribution in [0.25, 0.3) is 0 Å². The molecule has 22 heavy (non-hydrogen) atoms. The predicted molar refractivity (Wildman–Crippen MR) is 91.3 cm³/mol. The van der Waals surface area contributed by atoms with Gasteiger partial charge in [-0.1, -0.05) is 29.8 Å². The highest BCUT2D eigenvalue weighted by Crippen LogP contribution is 2.19. The summed E-state index contributed by atoms with van der Waals surface area (Å²) in [6.45, 7) is 1.80. The average molecular weight is 338 g/mol. The van der Waals surface area contributed by atoms with E-state index in [0.717, 1.165) is 18.4 Å². The average Bonchev–Trinajstić information content (AvgIpc) is 3.00. The molecule has 1 aromatic carbocycles. The molecule has 3 nitrogen and oxygen atoms in total. The van der Waals surface area contributed by atoms with E-state index in [2.05, 4.69) is 11.4 Å². The largest absolute Gasteiger partial charge is 0.386 e. The summed E-state index contributed by atoms with van der Waals surface area (Å²) in [5.74, 6) is -0.0305. The number of rotatable bonds is 7. The standard InChI is InChI=1S/C17H20ClNO2S/c1-12(17(21)13-7-9-14(18)10-8-13)19-16(20)6-2-4-15-5-3-11-22-15/h3,5,7-12,17,21H,2,4,6H2,1H3,(H,19,20). The maximum atomic E-state index is 11.9. The van der Waals surface area contributed by atoms with Crippen LogP contribution in [0.3, 0.4) is 0 Å². The van der Waals surface area contributed by atoms with Crippen LogP contribution in [-0.4, -0.2) is 17.1 Å². The molecule has 0 spiro atoms. The molecule has 2 unspecified atom stereocenters. The van der Waals surface area contributed by atoms with Gasteiger partial charge in [-0.15, -0.1) is 11.3 Å². The van der Waals surface area contributed by atoms with Crippen molar-refractivity contribution in [2.45, 2.75) is 38.3 Å². The Bertz CT molecular complexity index is 583. The summed E-state index contributed by atoms with van der Waals surface area (Å²) in [4.78, 5) is 13.2. The first kappa shape index (κ1) is 17.0. The zero-order valence-corrected chi connectivity index (χ0v) is 14.0. The molecule has 2 atom stereocenters. The van der Waals surface area contributed by atoms with E-state index in [0.29, 0.717) is 11.4 Å². The molecular formula is C17H20ClNO2S. The zero-order valence-electron chi connectivity index (χ0n) is 12.5. The Morgan fingerprint density at radius 3 is 2.68 bits per heavy atom. The topological polar surface area (TPSA) is 49.3 Å². The molecule has 0 bridgehead atoms. The number of hydrogen-bond acceptors (Lipinski definition) is 3. The quantitative estimate of drug-likeness (QED) is 0.803. The van der Waals surface area contributed by atoms with Gasteiger partial charge < -0.3 is 10.4 Å². The number of hydrogen-bond donors (Lipinski definition) is 2. The molecule has 2 aromatic rings. The van der Waals surface area contributed by atoms with Gasteiger partial charge in [0.25, 0.3) is 0 Å². The number of thiophene rings is 1. The van der Waals surface area contributed by atoms with Crippen LogP contribution in [0.4, 0.5) is 0 Å². The van der Waals surface area contributed by atoms with Crippen molar-refractivity contribution >= 4 is 28.8 Å². The summed E-state index contributed by atoms with van der Waals surface area (Å²) < 4.78 is 0. The maximum Gasteiger partial charge on any atom is 0.220 e. The summed E-state index contributed by atoms with van der Waals surface area (Å²) in [5, 5.41) is 15.8. The smallest absolute Gasteiger partial charge is 0.220 e. The van der Waals surface area contributed by atoms with E-state index in [1.807, 2.05) is 11.4 Å². The fourth-order valence-electron chi connectivity index (χ4n) is 2.23. The molecule has 0 aliphatic rings. The number of aryl methyl sites for hydroxylation is 1. The van der Waals surface area contributed by atoms with Crippen molar-refractivity contribution < 1.29 is 9.90 Å². The molecule has 0 aliphatic carbocycles. The van der Waals surface area contributed by atoms with Gasteiger partial charge in [-0.2, -0.15) is 0 Å². The number of benzene rings is 1. The first-order chi connectivity index (χ1) is 10.6. The van der Waals surface area contributed by atoms with Gasteiger partial charge in [0.2, 0.25) is 5.91 Å². The predicted octanol–water partition coefficient (Wildman–Crippen LogP) is 3.96. The van der Waals surface area contributed by atoms with Crippen LogP contribution < -0.4 is 5.32 Å². The molecule has 2 rings (SSSR count). The van der Waals surface area contributed by atoms with E-state index in [1.165, 1.54) is 4.88 Å². The summed E-state index contributed by atoms with van der Waals surface area (Å²) in [5.41, 5.74) is 0.746. The summed E-state index contributed by atoms with van der Waals surface area (Å²) in [6, 6.07) is 10.8. The number of aliphatic hydroxyl groups is 1. The maximum absolute atomic E-state index is 11.9. The van der Waals surface area contributed by atoms with E-state index in [-0.39, 0.29) is 11.9 Å². The molecule has 0 fully saturated rings. The minimum Gasteiger partial charge on any atom is -0.386 e. The van der Waals surface area contributed by atoms with Crippen LogP contribution in [-0.2, 0) is 11.2 Å². The summed E-state index contributed by atoms with van der Waals surface area (Å²) in [7, 11) is 0. The third-order valence-corrected chi connectivity index (χ3v) is 4.67. The molecule has 0 radical (unpaired) electrons. The highest BCUT2D eigenvalue weighted by atomic mass is 35.5. The van der Waals surface area contributed by atoms with Gasteiger partial charge in [0.15, 0.2) is 0 Å². The fourth-order valence-corrected chi connectivity index (χ4v) is 3.11. The molecule has 0 saturated heterocycles. The number of nitrogens with one attached hydrogen (secondary N) is 1. The van der Waals surface area contributed by atoms with Gasteiger partial charge >= 0.3 is 0 Å². The molecule has 0 saturated carbocycles. The van der Waals surface area contributed by atoms with Crippen molar-refractivity contribution in [2.24, 2.45) is 0 Å². The second-order valence-corrected chi connectivity index (χ2v) is 6.75. The number of amides is 1. The SMILES string of the molecule is CC(NC(=O)CCCc1cccs1)C(O)c1ccc(Cl)cc1. The van der Waals surface area contributed by atoms with E-state index in [9.17, 15) is 9.90 Å². The molecule has 1 amide bonds. The molecule has 5 heteroatoms. The van der Waals surface area contributed by atoms with E-state index < -0.39 is 6.10 Å². The number of halogens is 1. The van der Waals surface area contributed by atoms with Crippen molar-refractivity contribution in [3.8, 4) is 0 Å². The molecule has 2 N–H and O–H groups in total. The lowest BCUT2D eigenvalue weighted by atomic mass is 10.0. The second-order valence-electron chi connectivity index (χ2n) is 5.29. The normalized spacial score (nSPS) is 13.6. The monoisotopic (exact) mass is 337 g/mol. The molecular weight excluding hydrogens is 318 g/mol. The zero-order chi connectivity index (χ0) is 15.9. The van der Waals surface area contributed by atoms with Crippen molar-refractivity contribution in [1.82, 2.24) is 5.32 Å². The highest BCUT2D eigenvalue weighted by molar-refractivity contribution is 7.09. The Hall–Kier alpha value is -1.36. The van der Waals surface area contributed by atoms with E-state index >= 15 is 0 Å². The number of carbonyl (C=O) groups excluding carboxylic acids is 1. The van der Waals surface area contributed by atoms with E-state index in [4.69, 9.17) is 11.6 Å². The van der Waals surface area contributed by atoms with Crippen LogP contribution in [0.15, 0.2) is 41.8 Å². The lowest BCUT2D eigenvalue weighted by molar-refractivity contribution is -0.122. The van der Waals surface area contributed by atoms with Gasteiger partial charge in [0, 0.05) is 16.3 Å². The van der Waals surface area contributed by atoms with Crippen molar-refractivity contribution in [1.29, 1.82) is 0 Å². The Morgan fingerprint density at radius 1 is 1.32 bits per heavy atom. The van der Waals surface area contributed by atoms with Crippen molar-refractivity contribution in [2.75, 3.05) is 0 Å². The lowest BCUT2D eigenvalue weighted by Crippen LogP contribution is -2.36. The second kappa shape index (κ2) is 8.32. The molecule has 1 heterocycles. The van der Waals surface area contributed by atoms with Crippen LogP contribution in [0, 0.1) is 0 Å². The summed E-state index contributed by atoms with van der Waals surface area (Å²) in [6.07, 6.45) is 1.46. The van der Waals surface area contributed by atoms with Crippen LogP contribution in [0.2, 0.25) is 5.02 Å². The Morgan fingerprint density at radius 2 is 2.05 bits per heavy atom. The van der Waals surface area contributed by atoms with Gasteiger partial charge in [-0.25, -0.2) is 0 Å². The first-order valence-electron chi connectivity index (χ1n) is 7.31. The van der Waals surface area contributed by atoms with Gasteiger partial charge in [-0.3, -0.25) is 4.79 Å². The lowest BCUT2D eigenvalue weighted by Gasteiger charge is -2.20. The van der Waals surface area contributed by atoms with Gasteiger partial charge in [0.1, 0.15) is 0 Å². The fraction of sp³-hybridized carbons (Fsp3) is 0.353. The van der Waals surface area contributed by atoms with Gasteiger partial charge in [-0.05, 0) is 48.9 Å². The first-order valence-corrected chi connectivity index (χ1v) is 8.57. The Balaban J connectivity index is 1.76. The Labute approximate surface area is 139 Å². The highest BCUT2D eigenvalue weighted by Gasteiger charge is 2.18. The minimum absolute atomic E-state index is 0.0305. The molecule has 118 valence electrons. The number of carbonyl (C=O) groups is 1. The molecule has 0 aliphatic heterocycles. The van der Waals surface area contributed by atoms with Crippen LogP contribution in [0.1, 0.15) is 36.3 Å². The van der Waals surface area contributed by atoms with Gasteiger partial charge in [0.05, 0.1) is 12.1 Å². The van der Waals surface area contributed by atoms with Crippen molar-refractivity contribution in [3.63, 3.8) is 0 Å². The Kier molecular flexibility index (Phi) is 6.43. The number of aliphatic hydroxyl groups excluding tert-OH is 1. The van der Waals surface area contributed by atoms with Crippen LogP contribution in [0.5, 0.6) is 0 Å². The van der Waals surface area contributed by atoms with Crippen LogP contribution >= 0.6 is 22.9 Å². The third-order valence-electron chi connectivity index (χ3n) is 3.48. The van der Waals surface area contributed by atoms with E-state index in [1.54, 1.807) is 42.5 Å². The third kappa shape index (κ3) is 5.13. The van der Waals surface area contributed by atoms with Crippen molar-refractivity contribution in [3.05, 3.63) is 57.2 Å². The minimum atomic E-state index is -0.737. The molecule has 1 aromatic heterocycles.